The second kappa shape index (κ2) is 9.48. The third-order valence-electron chi connectivity index (χ3n) is 4.58. The molecule has 0 spiro atoms. The van der Waals surface area contributed by atoms with Crippen LogP contribution in [0.5, 0.6) is 0 Å². The second-order valence-corrected chi connectivity index (χ2v) is 6.68. The molecule has 0 aliphatic carbocycles. The molecule has 1 aliphatic heterocycles. The minimum atomic E-state index is -4.36. The van der Waals surface area contributed by atoms with Crippen LogP contribution >= 0.6 is 0 Å². The van der Waals surface area contributed by atoms with Crippen molar-refractivity contribution in [1.29, 1.82) is 0 Å². The maximum Gasteiger partial charge on any atom is 0.416 e. The van der Waals surface area contributed by atoms with Crippen molar-refractivity contribution in [2.45, 2.75) is 24.9 Å². The molecule has 29 heavy (non-hydrogen) atoms. The number of hydrogen-bond acceptors (Lipinski definition) is 3. The summed E-state index contributed by atoms with van der Waals surface area (Å²) in [5, 5.41) is 3.83. The first-order valence-electron chi connectivity index (χ1n) is 9.04. The van der Waals surface area contributed by atoms with Crippen molar-refractivity contribution in [3.63, 3.8) is 0 Å². The van der Waals surface area contributed by atoms with Crippen LogP contribution in [0, 0.1) is 11.8 Å². The molecule has 1 unspecified atom stereocenters. The molecule has 1 heterocycles. The lowest BCUT2D eigenvalue weighted by atomic mass is 10.1. The molecule has 8 heteroatoms. The van der Waals surface area contributed by atoms with Gasteiger partial charge in [0, 0.05) is 30.1 Å². The first-order valence-corrected chi connectivity index (χ1v) is 9.04. The normalized spacial score (nSPS) is 19.3. The van der Waals surface area contributed by atoms with Crippen molar-refractivity contribution in [2.75, 3.05) is 19.7 Å². The molecule has 1 fully saturated rings. The molecule has 0 saturated carbocycles. The highest BCUT2D eigenvalue weighted by Crippen LogP contribution is 2.29. The molecule has 2 aromatic carbocycles. The van der Waals surface area contributed by atoms with Crippen LogP contribution in [-0.2, 0) is 17.5 Å². The van der Waals surface area contributed by atoms with Gasteiger partial charge in [-0.25, -0.2) is 0 Å². The lowest BCUT2D eigenvalue weighted by Gasteiger charge is -2.15. The number of halogens is 3. The highest BCUT2D eigenvalue weighted by molar-refractivity contribution is 5.36. The summed E-state index contributed by atoms with van der Waals surface area (Å²) in [4.78, 5) is 5.06. The molecule has 0 N–H and O–H groups in total. The van der Waals surface area contributed by atoms with Gasteiger partial charge in [0.15, 0.2) is 0 Å². The number of alkyl halides is 3. The van der Waals surface area contributed by atoms with E-state index >= 15 is 0 Å². The monoisotopic (exact) mass is 400 g/mol. The average molecular weight is 400 g/mol. The number of nitrogens with zero attached hydrogens (tertiary/aromatic N) is 4. The highest BCUT2D eigenvalue weighted by atomic mass is 19.4. The molecule has 5 nitrogen and oxygen atoms in total. The van der Waals surface area contributed by atoms with Gasteiger partial charge in [-0.2, -0.15) is 13.2 Å². The van der Waals surface area contributed by atoms with Gasteiger partial charge in [-0.15, -0.1) is 0 Å². The Morgan fingerprint density at radius 3 is 2.48 bits per heavy atom. The molecule has 0 radical (unpaired) electrons. The summed E-state index contributed by atoms with van der Waals surface area (Å²) in [6.45, 7) is 2.04. The van der Waals surface area contributed by atoms with E-state index < -0.39 is 11.7 Å². The third-order valence-corrected chi connectivity index (χ3v) is 4.58. The number of ether oxygens (including phenoxy) is 1. The Kier molecular flexibility index (Phi) is 6.78. The topological polar surface area (TPSA) is 61.2 Å². The molecule has 2 aromatic rings. The fraction of sp³-hybridized carbons (Fsp3) is 0.333. The lowest BCUT2D eigenvalue weighted by Crippen LogP contribution is -2.25. The largest absolute Gasteiger partial charge is 0.416 e. The summed E-state index contributed by atoms with van der Waals surface area (Å²) in [5.41, 5.74) is 9.73. The Morgan fingerprint density at radius 2 is 1.83 bits per heavy atom. The van der Waals surface area contributed by atoms with Crippen molar-refractivity contribution in [2.24, 2.45) is 5.11 Å². The zero-order valence-corrected chi connectivity index (χ0v) is 15.5. The molecule has 150 valence electrons. The smallest absolute Gasteiger partial charge is 0.364 e. The summed E-state index contributed by atoms with van der Waals surface area (Å²) in [6, 6.07) is 14.3. The summed E-state index contributed by atoms with van der Waals surface area (Å²) in [7, 11) is 0. The van der Waals surface area contributed by atoms with Crippen LogP contribution in [0.2, 0.25) is 0 Å². The summed E-state index contributed by atoms with van der Waals surface area (Å²) < 4.78 is 43.5. The first kappa shape index (κ1) is 20.7. The maximum absolute atomic E-state index is 12.6. The van der Waals surface area contributed by atoms with Crippen LogP contribution in [0.3, 0.4) is 0 Å². The van der Waals surface area contributed by atoms with Crippen molar-refractivity contribution in [3.05, 3.63) is 81.7 Å². The van der Waals surface area contributed by atoms with E-state index in [2.05, 4.69) is 26.8 Å². The molecular formula is C21H19F3N4O. The van der Waals surface area contributed by atoms with E-state index in [0.29, 0.717) is 18.7 Å². The number of hydrogen-bond donors (Lipinski definition) is 0. The number of likely N-dealkylation sites (tertiary alicyclic amines) is 1. The molecule has 0 aromatic heterocycles. The third kappa shape index (κ3) is 6.00. The zero-order valence-electron chi connectivity index (χ0n) is 15.5. The van der Waals surface area contributed by atoms with E-state index in [1.165, 1.54) is 12.1 Å². The Bertz CT molecular complexity index is 913. The van der Waals surface area contributed by atoms with Crippen LogP contribution in [0.4, 0.5) is 13.2 Å². The number of rotatable bonds is 5. The van der Waals surface area contributed by atoms with Gasteiger partial charge >= 0.3 is 6.18 Å². The molecular weight excluding hydrogens is 381 g/mol. The van der Waals surface area contributed by atoms with Gasteiger partial charge in [-0.05, 0) is 35.4 Å². The summed E-state index contributed by atoms with van der Waals surface area (Å²) >= 11 is 0. The van der Waals surface area contributed by atoms with E-state index in [0.717, 1.165) is 24.2 Å². The second-order valence-electron chi connectivity index (χ2n) is 6.68. The van der Waals surface area contributed by atoms with Crippen molar-refractivity contribution in [1.82, 2.24) is 4.90 Å². The van der Waals surface area contributed by atoms with Gasteiger partial charge < -0.3 is 4.74 Å². The van der Waals surface area contributed by atoms with Gasteiger partial charge in [0.1, 0.15) is 6.61 Å². The minimum absolute atomic E-state index is 0.0995. The Morgan fingerprint density at radius 1 is 1.10 bits per heavy atom. The standard InChI is InChI=1S/C21H19F3N4O/c22-21(23,24)18-10-8-16(9-11-18)7-4-12-29-20-15-28(14-19(20)26-27-25)13-17-5-2-1-3-6-17/h1-3,5-6,8-11,19-20H,12-15H2/t19-,20?/m1/s1. The van der Waals surface area contributed by atoms with E-state index in [4.69, 9.17) is 10.3 Å². The molecule has 0 bridgehead atoms. The Hall–Kier alpha value is -2.98. The van der Waals surface area contributed by atoms with Crippen LogP contribution < -0.4 is 0 Å². The van der Waals surface area contributed by atoms with Crippen LogP contribution in [0.1, 0.15) is 16.7 Å². The van der Waals surface area contributed by atoms with Crippen LogP contribution in [-0.4, -0.2) is 36.7 Å². The molecule has 1 aliphatic rings. The van der Waals surface area contributed by atoms with E-state index in [-0.39, 0.29) is 18.8 Å². The summed E-state index contributed by atoms with van der Waals surface area (Å²) in [5.74, 6) is 5.59. The van der Waals surface area contributed by atoms with E-state index in [9.17, 15) is 13.2 Å². The summed E-state index contributed by atoms with van der Waals surface area (Å²) in [6.07, 6.45) is -4.64. The first-order chi connectivity index (χ1) is 14.0. The molecule has 0 amide bonds. The van der Waals surface area contributed by atoms with Crippen molar-refractivity contribution in [3.8, 4) is 11.8 Å². The minimum Gasteiger partial charge on any atom is -0.364 e. The highest BCUT2D eigenvalue weighted by Gasteiger charge is 2.32. The SMILES string of the molecule is [N-]=[N+]=N[C@@H]1CN(Cc2ccccc2)CC1OCC#Cc1ccc(C(F)(F)F)cc1. The fourth-order valence-electron chi connectivity index (χ4n) is 3.17. The van der Waals surface area contributed by atoms with Gasteiger partial charge in [0.05, 0.1) is 17.7 Å². The van der Waals surface area contributed by atoms with Gasteiger partial charge in [0.2, 0.25) is 0 Å². The predicted molar refractivity (Wildman–Crippen MR) is 103 cm³/mol. The average Bonchev–Trinajstić information content (AvgIpc) is 3.07. The molecule has 3 rings (SSSR count). The number of azide groups is 1. The quantitative estimate of drug-likeness (QED) is 0.318. The van der Waals surface area contributed by atoms with Crippen LogP contribution in [0.15, 0.2) is 59.7 Å². The van der Waals surface area contributed by atoms with Crippen LogP contribution in [0.25, 0.3) is 10.4 Å². The van der Waals surface area contributed by atoms with Gasteiger partial charge in [-0.1, -0.05) is 47.3 Å². The fourth-order valence-corrected chi connectivity index (χ4v) is 3.17. The molecule has 2 atom stereocenters. The maximum atomic E-state index is 12.6. The molecule has 1 saturated heterocycles. The predicted octanol–water partition coefficient (Wildman–Crippen LogP) is 4.64. The van der Waals surface area contributed by atoms with Crippen molar-refractivity contribution < 1.29 is 17.9 Å². The number of benzene rings is 2. The van der Waals surface area contributed by atoms with E-state index in [1.807, 2.05) is 30.3 Å². The van der Waals surface area contributed by atoms with E-state index in [1.54, 1.807) is 0 Å². The van der Waals surface area contributed by atoms with Crippen molar-refractivity contribution >= 4 is 0 Å². The Labute approximate surface area is 166 Å². The van der Waals surface area contributed by atoms with Gasteiger partial charge in [0.25, 0.3) is 0 Å². The Balaban J connectivity index is 1.55. The zero-order chi connectivity index (χ0) is 20.7. The lowest BCUT2D eigenvalue weighted by molar-refractivity contribution is -0.137. The van der Waals surface area contributed by atoms with Gasteiger partial charge in [-0.3, -0.25) is 4.90 Å².